The van der Waals surface area contributed by atoms with E-state index in [1.807, 2.05) is 42.6 Å². The van der Waals surface area contributed by atoms with Crippen molar-refractivity contribution >= 4 is 44.3 Å². The second-order valence-corrected chi connectivity index (χ2v) is 8.62. The third-order valence-electron chi connectivity index (χ3n) is 5.18. The van der Waals surface area contributed by atoms with Gasteiger partial charge in [-0.25, -0.2) is 4.98 Å². The Labute approximate surface area is 193 Å². The van der Waals surface area contributed by atoms with Crippen molar-refractivity contribution in [3.8, 4) is 28.4 Å². The summed E-state index contributed by atoms with van der Waals surface area (Å²) in [6.45, 7) is 2.96. The maximum absolute atomic E-state index is 12.9. The summed E-state index contributed by atoms with van der Waals surface area (Å²) in [7, 11) is 1.57. The summed E-state index contributed by atoms with van der Waals surface area (Å²) in [4.78, 5) is 21.0. The fourth-order valence-electron chi connectivity index (χ4n) is 3.60. The number of nitrogens with zero attached hydrogens (tertiary/aromatic N) is 1. The number of hydrogen-bond donors (Lipinski definition) is 1. The molecule has 0 bridgehead atoms. The molecule has 2 aromatic carbocycles. The van der Waals surface area contributed by atoms with Crippen molar-refractivity contribution < 1.29 is 14.2 Å². The second kappa shape index (κ2) is 8.33. The number of hydrogen-bond acceptors (Lipinski definition) is 6. The fraction of sp³-hybridized carbons (Fsp3) is 0.167. The third-order valence-corrected chi connectivity index (χ3v) is 6.34. The van der Waals surface area contributed by atoms with Crippen LogP contribution >= 0.6 is 22.9 Å². The Morgan fingerprint density at radius 1 is 1.22 bits per heavy atom. The summed E-state index contributed by atoms with van der Waals surface area (Å²) >= 11 is 7.97. The van der Waals surface area contributed by atoms with Crippen molar-refractivity contribution in [3.05, 3.63) is 69.1 Å². The molecule has 0 fully saturated rings. The first-order valence-electron chi connectivity index (χ1n) is 9.97. The zero-order valence-electron chi connectivity index (χ0n) is 17.4. The topological polar surface area (TPSA) is 73.4 Å². The summed E-state index contributed by atoms with van der Waals surface area (Å²) in [5.41, 5.74) is 3.52. The molecule has 6 nitrogen and oxygen atoms in total. The zero-order chi connectivity index (χ0) is 22.2. The van der Waals surface area contributed by atoms with Crippen molar-refractivity contribution in [1.29, 1.82) is 0 Å². The molecule has 1 aliphatic heterocycles. The van der Waals surface area contributed by atoms with E-state index in [-0.39, 0.29) is 5.56 Å². The Balaban J connectivity index is 1.54. The van der Waals surface area contributed by atoms with Crippen LogP contribution < -0.4 is 19.8 Å². The maximum Gasteiger partial charge on any atom is 0.260 e. The van der Waals surface area contributed by atoms with Crippen LogP contribution in [0.5, 0.6) is 17.2 Å². The van der Waals surface area contributed by atoms with Gasteiger partial charge in [-0.2, -0.15) is 0 Å². The van der Waals surface area contributed by atoms with Crippen LogP contribution in [0.2, 0.25) is 0 Å². The first-order valence-corrected chi connectivity index (χ1v) is 11.2. The SMILES string of the molecule is COc1cc(/C=C(\Cl)c2nc3scc(-c4ccc(C)cc4)c3c(=O)[nH]2)cc2c1OCCO2. The summed E-state index contributed by atoms with van der Waals surface area (Å²) in [6, 6.07) is 11.7. The van der Waals surface area contributed by atoms with Gasteiger partial charge in [0.15, 0.2) is 17.3 Å². The minimum atomic E-state index is -0.229. The first kappa shape index (κ1) is 20.6. The van der Waals surface area contributed by atoms with E-state index in [0.29, 0.717) is 51.5 Å². The van der Waals surface area contributed by atoms with Gasteiger partial charge in [-0.05, 0) is 36.3 Å². The summed E-state index contributed by atoms with van der Waals surface area (Å²) in [5, 5.41) is 2.81. The van der Waals surface area contributed by atoms with Gasteiger partial charge in [0.25, 0.3) is 5.56 Å². The summed E-state index contributed by atoms with van der Waals surface area (Å²) < 4.78 is 16.7. The van der Waals surface area contributed by atoms with E-state index in [1.165, 1.54) is 11.3 Å². The Morgan fingerprint density at radius 3 is 2.78 bits per heavy atom. The van der Waals surface area contributed by atoms with Crippen LogP contribution in [0.25, 0.3) is 32.5 Å². The Kier molecular flexibility index (Phi) is 5.36. The van der Waals surface area contributed by atoms with Crippen LogP contribution in [-0.4, -0.2) is 30.3 Å². The molecule has 8 heteroatoms. The fourth-order valence-corrected chi connectivity index (χ4v) is 4.76. The quantitative estimate of drug-likeness (QED) is 0.431. The molecule has 162 valence electrons. The van der Waals surface area contributed by atoms with Gasteiger partial charge < -0.3 is 19.2 Å². The number of rotatable bonds is 4. The lowest BCUT2D eigenvalue weighted by Crippen LogP contribution is -2.16. The minimum absolute atomic E-state index is 0.229. The van der Waals surface area contributed by atoms with E-state index in [1.54, 1.807) is 19.3 Å². The van der Waals surface area contributed by atoms with Crippen LogP contribution in [0.15, 0.2) is 46.6 Å². The molecule has 4 aromatic rings. The van der Waals surface area contributed by atoms with Gasteiger partial charge in [0.2, 0.25) is 5.75 Å². The summed E-state index contributed by atoms with van der Waals surface area (Å²) in [5.74, 6) is 2.01. The van der Waals surface area contributed by atoms with Gasteiger partial charge in [0, 0.05) is 10.9 Å². The molecular formula is C24H19ClN2O4S. The normalized spacial score (nSPS) is 13.4. The number of H-pyrrole nitrogens is 1. The second-order valence-electron chi connectivity index (χ2n) is 7.35. The number of aromatic amines is 1. The molecule has 0 spiro atoms. The average Bonchev–Trinajstić information content (AvgIpc) is 3.23. The molecule has 0 saturated carbocycles. The molecule has 0 saturated heterocycles. The highest BCUT2D eigenvalue weighted by Gasteiger charge is 2.19. The molecule has 5 rings (SSSR count). The Bertz CT molecular complexity index is 1390. The van der Waals surface area contributed by atoms with E-state index in [9.17, 15) is 4.79 Å². The van der Waals surface area contributed by atoms with Gasteiger partial charge in [-0.1, -0.05) is 41.4 Å². The van der Waals surface area contributed by atoms with Gasteiger partial charge in [0.05, 0.1) is 17.5 Å². The van der Waals surface area contributed by atoms with Crippen molar-refractivity contribution in [1.82, 2.24) is 9.97 Å². The summed E-state index contributed by atoms with van der Waals surface area (Å²) in [6.07, 6.45) is 1.71. The molecule has 0 radical (unpaired) electrons. The molecule has 0 unspecified atom stereocenters. The molecular weight excluding hydrogens is 448 g/mol. The van der Waals surface area contributed by atoms with Gasteiger partial charge in [-0.15, -0.1) is 11.3 Å². The zero-order valence-corrected chi connectivity index (χ0v) is 19.0. The lowest BCUT2D eigenvalue weighted by Gasteiger charge is -2.21. The largest absolute Gasteiger partial charge is 0.493 e. The number of ether oxygens (including phenoxy) is 3. The lowest BCUT2D eigenvalue weighted by molar-refractivity contribution is 0.165. The molecule has 1 N–H and O–H groups in total. The Hall–Kier alpha value is -3.29. The van der Waals surface area contributed by atoms with Crippen LogP contribution in [0.3, 0.4) is 0 Å². The molecule has 1 aliphatic rings. The average molecular weight is 467 g/mol. The van der Waals surface area contributed by atoms with E-state index < -0.39 is 0 Å². The van der Waals surface area contributed by atoms with Crippen LogP contribution in [0.4, 0.5) is 0 Å². The molecule has 2 aromatic heterocycles. The highest BCUT2D eigenvalue weighted by Crippen LogP contribution is 2.41. The van der Waals surface area contributed by atoms with E-state index in [2.05, 4.69) is 9.97 Å². The predicted octanol–water partition coefficient (Wildman–Crippen LogP) is 5.48. The van der Waals surface area contributed by atoms with E-state index in [4.69, 9.17) is 25.8 Å². The number of fused-ring (bicyclic) bond motifs is 2. The number of halogens is 1. The molecule has 0 aliphatic carbocycles. The standard InChI is InChI=1S/C24H19ClN2O4S/c1-13-3-5-15(6-4-13)16-12-32-24-20(16)23(28)26-22(27-24)17(25)9-14-10-18(29-2)21-19(11-14)30-7-8-31-21/h3-6,9-12H,7-8H2,1-2H3,(H,26,27,28)/b17-9-. The minimum Gasteiger partial charge on any atom is -0.493 e. The van der Waals surface area contributed by atoms with Gasteiger partial charge in [-0.3, -0.25) is 4.79 Å². The van der Waals surface area contributed by atoms with Gasteiger partial charge in [0.1, 0.15) is 18.0 Å². The van der Waals surface area contributed by atoms with Gasteiger partial charge >= 0.3 is 0 Å². The molecule has 32 heavy (non-hydrogen) atoms. The van der Waals surface area contributed by atoms with E-state index >= 15 is 0 Å². The maximum atomic E-state index is 12.9. The highest BCUT2D eigenvalue weighted by molar-refractivity contribution is 7.17. The lowest BCUT2D eigenvalue weighted by atomic mass is 10.1. The number of methoxy groups -OCH3 is 1. The Morgan fingerprint density at radius 2 is 2.00 bits per heavy atom. The van der Waals surface area contributed by atoms with Crippen molar-refractivity contribution in [3.63, 3.8) is 0 Å². The number of thiophene rings is 1. The molecule has 3 heterocycles. The predicted molar refractivity (Wildman–Crippen MR) is 128 cm³/mol. The monoisotopic (exact) mass is 466 g/mol. The number of benzene rings is 2. The van der Waals surface area contributed by atoms with Crippen molar-refractivity contribution in [2.75, 3.05) is 20.3 Å². The third kappa shape index (κ3) is 3.74. The van der Waals surface area contributed by atoms with Crippen molar-refractivity contribution in [2.45, 2.75) is 6.92 Å². The number of aryl methyl sites for hydroxylation is 1. The van der Waals surface area contributed by atoms with Crippen molar-refractivity contribution in [2.24, 2.45) is 0 Å². The number of aromatic nitrogens is 2. The smallest absolute Gasteiger partial charge is 0.260 e. The van der Waals surface area contributed by atoms with Crippen LogP contribution in [-0.2, 0) is 0 Å². The first-order chi connectivity index (χ1) is 15.5. The van der Waals surface area contributed by atoms with E-state index in [0.717, 1.165) is 22.3 Å². The molecule has 0 atom stereocenters. The van der Waals surface area contributed by atoms with Crippen LogP contribution in [0, 0.1) is 6.92 Å². The molecule has 0 amide bonds. The number of nitrogens with one attached hydrogen (secondary N) is 1. The van der Waals surface area contributed by atoms with Crippen LogP contribution in [0.1, 0.15) is 17.0 Å². The highest BCUT2D eigenvalue weighted by atomic mass is 35.5.